The minimum Gasteiger partial charge on any atom is -0.356 e. The molecular weight excluding hydrogens is 386 g/mol. The van der Waals surface area contributed by atoms with E-state index in [1.165, 1.54) is 0 Å². The maximum Gasteiger partial charge on any atom is 0.220 e. The summed E-state index contributed by atoms with van der Waals surface area (Å²) in [4.78, 5) is 29.7. The number of imidazole rings is 1. The molecule has 4 aromatic rings. The highest BCUT2D eigenvalue weighted by atomic mass is 16.1. The molecule has 5 heteroatoms. The molecule has 1 amide bonds. The highest BCUT2D eigenvalue weighted by Crippen LogP contribution is 2.17. The maximum absolute atomic E-state index is 12.8. The number of rotatable bonds is 9. The van der Waals surface area contributed by atoms with E-state index >= 15 is 0 Å². The second kappa shape index (κ2) is 9.85. The zero-order chi connectivity index (χ0) is 21.5. The number of Topliss-reactive ketones (excluding diaryl/α,β-unsaturated/α-hetero) is 1. The van der Waals surface area contributed by atoms with Crippen molar-refractivity contribution in [1.82, 2.24) is 14.9 Å². The Hall–Kier alpha value is -3.73. The van der Waals surface area contributed by atoms with E-state index in [1.54, 1.807) is 0 Å². The van der Waals surface area contributed by atoms with Crippen molar-refractivity contribution in [2.75, 3.05) is 6.54 Å². The molecule has 1 N–H and O–H groups in total. The molecule has 156 valence electrons. The third kappa shape index (κ3) is 5.25. The van der Waals surface area contributed by atoms with Gasteiger partial charge in [0, 0.05) is 24.9 Å². The number of nitrogens with one attached hydrogen (secondary N) is 1. The number of ketones is 1. The highest BCUT2D eigenvalue weighted by Gasteiger charge is 2.15. The summed E-state index contributed by atoms with van der Waals surface area (Å²) in [5.41, 5.74) is 3.62. The minimum absolute atomic E-state index is 0.0203. The van der Waals surface area contributed by atoms with E-state index in [9.17, 15) is 9.59 Å². The van der Waals surface area contributed by atoms with Gasteiger partial charge >= 0.3 is 0 Å². The van der Waals surface area contributed by atoms with Crippen molar-refractivity contribution in [3.63, 3.8) is 0 Å². The summed E-state index contributed by atoms with van der Waals surface area (Å²) in [6.45, 7) is 0.707. The van der Waals surface area contributed by atoms with Crippen LogP contribution in [0.4, 0.5) is 0 Å². The van der Waals surface area contributed by atoms with Crippen LogP contribution in [0.1, 0.15) is 28.2 Å². The molecule has 3 aromatic carbocycles. The van der Waals surface area contributed by atoms with Gasteiger partial charge in [0.25, 0.3) is 0 Å². The topological polar surface area (TPSA) is 64.0 Å². The summed E-state index contributed by atoms with van der Waals surface area (Å²) in [6, 6.07) is 27.1. The van der Waals surface area contributed by atoms with E-state index in [2.05, 4.69) is 5.32 Å². The Morgan fingerprint density at radius 3 is 2.26 bits per heavy atom. The number of fused-ring (bicyclic) bond motifs is 1. The molecule has 0 aliphatic rings. The van der Waals surface area contributed by atoms with Gasteiger partial charge in [0.05, 0.1) is 17.6 Å². The van der Waals surface area contributed by atoms with Crippen molar-refractivity contribution in [3.8, 4) is 0 Å². The molecule has 4 rings (SSSR count). The first-order chi connectivity index (χ1) is 15.2. The fourth-order valence-electron chi connectivity index (χ4n) is 3.66. The third-order valence-electron chi connectivity index (χ3n) is 5.29. The number of carbonyl (C=O) groups is 2. The highest BCUT2D eigenvalue weighted by molar-refractivity contribution is 5.96. The molecule has 0 radical (unpaired) electrons. The van der Waals surface area contributed by atoms with E-state index in [1.807, 2.05) is 89.5 Å². The number of aryl methyl sites for hydroxylation is 1. The predicted molar refractivity (Wildman–Crippen MR) is 122 cm³/mol. The van der Waals surface area contributed by atoms with Gasteiger partial charge in [-0.05, 0) is 24.1 Å². The van der Waals surface area contributed by atoms with Gasteiger partial charge in [-0.1, -0.05) is 72.8 Å². The summed E-state index contributed by atoms with van der Waals surface area (Å²) in [7, 11) is 0. The van der Waals surface area contributed by atoms with Gasteiger partial charge in [-0.15, -0.1) is 0 Å². The molecule has 0 bridgehead atoms. The van der Waals surface area contributed by atoms with Crippen LogP contribution in [-0.4, -0.2) is 27.8 Å². The fraction of sp³-hybridized carbons (Fsp3) is 0.192. The SMILES string of the molecule is O=C(CCc1ccccc1)NCCc1nc2ccccc2n1CC(=O)c1ccccc1. The number of aromatic nitrogens is 2. The van der Waals surface area contributed by atoms with Gasteiger partial charge in [0.2, 0.25) is 5.91 Å². The van der Waals surface area contributed by atoms with Crippen LogP contribution < -0.4 is 5.32 Å². The second-order valence-corrected chi connectivity index (χ2v) is 7.48. The molecular formula is C26H25N3O2. The lowest BCUT2D eigenvalue weighted by molar-refractivity contribution is -0.121. The van der Waals surface area contributed by atoms with Crippen molar-refractivity contribution >= 4 is 22.7 Å². The molecule has 0 aliphatic heterocycles. The Bertz CT molecular complexity index is 1170. The van der Waals surface area contributed by atoms with E-state index in [0.717, 1.165) is 28.8 Å². The lowest BCUT2D eigenvalue weighted by atomic mass is 10.1. The van der Waals surface area contributed by atoms with Crippen LogP contribution in [0.25, 0.3) is 11.0 Å². The molecule has 0 atom stereocenters. The smallest absolute Gasteiger partial charge is 0.220 e. The van der Waals surface area contributed by atoms with Crippen molar-refractivity contribution in [1.29, 1.82) is 0 Å². The molecule has 5 nitrogen and oxygen atoms in total. The molecule has 0 saturated carbocycles. The van der Waals surface area contributed by atoms with E-state index in [-0.39, 0.29) is 18.2 Å². The van der Waals surface area contributed by atoms with Crippen LogP contribution in [0, 0.1) is 0 Å². The number of hydrogen-bond acceptors (Lipinski definition) is 3. The first kappa shape index (κ1) is 20.5. The normalized spacial score (nSPS) is 10.8. The van der Waals surface area contributed by atoms with E-state index in [4.69, 9.17) is 4.98 Å². The molecule has 0 saturated heterocycles. The van der Waals surface area contributed by atoms with Gasteiger partial charge in [0.15, 0.2) is 5.78 Å². The van der Waals surface area contributed by atoms with Crippen LogP contribution >= 0.6 is 0 Å². The van der Waals surface area contributed by atoms with Crippen molar-refractivity contribution in [3.05, 3.63) is 102 Å². The van der Waals surface area contributed by atoms with E-state index in [0.29, 0.717) is 24.9 Å². The number of para-hydroxylation sites is 2. The van der Waals surface area contributed by atoms with Gasteiger partial charge in [-0.3, -0.25) is 9.59 Å². The average molecular weight is 412 g/mol. The Balaban J connectivity index is 1.40. The molecule has 0 spiro atoms. The summed E-state index contributed by atoms with van der Waals surface area (Å²) in [5.74, 6) is 0.859. The lowest BCUT2D eigenvalue weighted by Crippen LogP contribution is -2.27. The van der Waals surface area contributed by atoms with E-state index < -0.39 is 0 Å². The molecule has 0 aliphatic carbocycles. The first-order valence-electron chi connectivity index (χ1n) is 10.5. The van der Waals surface area contributed by atoms with Gasteiger partial charge in [-0.2, -0.15) is 0 Å². The van der Waals surface area contributed by atoms with Crippen molar-refractivity contribution < 1.29 is 9.59 Å². The summed E-state index contributed by atoms with van der Waals surface area (Å²) >= 11 is 0. The van der Waals surface area contributed by atoms with Crippen LogP contribution in [-0.2, 0) is 24.2 Å². The van der Waals surface area contributed by atoms with Crippen LogP contribution in [0.15, 0.2) is 84.9 Å². The number of nitrogens with zero attached hydrogens (tertiary/aromatic N) is 2. The molecule has 0 fully saturated rings. The number of carbonyl (C=O) groups excluding carboxylic acids is 2. The lowest BCUT2D eigenvalue weighted by Gasteiger charge is -2.10. The molecule has 1 heterocycles. The predicted octanol–water partition coefficient (Wildman–Crippen LogP) is 4.21. The quantitative estimate of drug-likeness (QED) is 0.420. The zero-order valence-corrected chi connectivity index (χ0v) is 17.3. The zero-order valence-electron chi connectivity index (χ0n) is 17.3. The van der Waals surface area contributed by atoms with Gasteiger partial charge in [0.1, 0.15) is 5.82 Å². The third-order valence-corrected chi connectivity index (χ3v) is 5.29. The Morgan fingerprint density at radius 2 is 1.48 bits per heavy atom. The summed E-state index contributed by atoms with van der Waals surface area (Å²) < 4.78 is 1.96. The average Bonchev–Trinajstić information content (AvgIpc) is 3.16. The standard InChI is InChI=1S/C26H25N3O2/c30-24(21-11-5-2-6-12-21)19-29-23-14-8-7-13-22(23)28-25(29)17-18-27-26(31)16-15-20-9-3-1-4-10-20/h1-14H,15-19H2,(H,27,31). The van der Waals surface area contributed by atoms with Gasteiger partial charge < -0.3 is 9.88 Å². The van der Waals surface area contributed by atoms with Crippen molar-refractivity contribution in [2.24, 2.45) is 0 Å². The summed E-state index contributed by atoms with van der Waals surface area (Å²) in [5, 5.41) is 2.98. The van der Waals surface area contributed by atoms with Crippen LogP contribution in [0.3, 0.4) is 0 Å². The molecule has 31 heavy (non-hydrogen) atoms. The Labute approximate surface area is 181 Å². The van der Waals surface area contributed by atoms with Crippen molar-refractivity contribution in [2.45, 2.75) is 25.8 Å². The van der Waals surface area contributed by atoms with Crippen LogP contribution in [0.5, 0.6) is 0 Å². The Kier molecular flexibility index (Phi) is 6.53. The van der Waals surface area contributed by atoms with Gasteiger partial charge in [-0.25, -0.2) is 4.98 Å². The first-order valence-corrected chi connectivity index (χ1v) is 10.5. The maximum atomic E-state index is 12.8. The number of benzene rings is 3. The second-order valence-electron chi connectivity index (χ2n) is 7.48. The number of amides is 1. The number of hydrogen-bond donors (Lipinski definition) is 1. The monoisotopic (exact) mass is 411 g/mol. The largest absolute Gasteiger partial charge is 0.356 e. The fourth-order valence-corrected chi connectivity index (χ4v) is 3.66. The molecule has 1 aromatic heterocycles. The minimum atomic E-state index is 0.0203. The Morgan fingerprint density at radius 1 is 0.806 bits per heavy atom. The molecule has 0 unspecified atom stereocenters. The van der Waals surface area contributed by atoms with Crippen LogP contribution in [0.2, 0.25) is 0 Å². The summed E-state index contributed by atoms with van der Waals surface area (Å²) in [6.07, 6.45) is 1.73.